The first kappa shape index (κ1) is 13.6. The number of nitrogens with zero attached hydrogens (tertiary/aromatic N) is 1. The van der Waals surface area contributed by atoms with E-state index in [1.807, 2.05) is 18.2 Å². The minimum Gasteiger partial charge on any atom is -0.504 e. The normalized spacial score (nSPS) is 24.8. The number of fused-ring (bicyclic) bond motifs is 1. The van der Waals surface area contributed by atoms with E-state index in [2.05, 4.69) is 11.9 Å². The van der Waals surface area contributed by atoms with Gasteiger partial charge in [0.1, 0.15) is 0 Å². The smallest absolute Gasteiger partial charge is 0.178 e. The zero-order chi connectivity index (χ0) is 15.5. The van der Waals surface area contributed by atoms with Gasteiger partial charge in [-0.05, 0) is 49.2 Å². The number of hydrogen-bond acceptors (Lipinski definition) is 4. The molecule has 1 heterocycles. The number of likely N-dealkylation sites (N-methyl/N-ethyl adjacent to an activating group) is 1. The van der Waals surface area contributed by atoms with Crippen LogP contribution in [0, 0.1) is 0 Å². The summed E-state index contributed by atoms with van der Waals surface area (Å²) < 4.78 is 5.38. The average Bonchev–Trinajstić information content (AvgIpc) is 2.86. The van der Waals surface area contributed by atoms with Gasteiger partial charge in [0.15, 0.2) is 17.3 Å². The largest absolute Gasteiger partial charge is 0.504 e. The molecule has 0 saturated carbocycles. The summed E-state index contributed by atoms with van der Waals surface area (Å²) >= 11 is 0. The van der Waals surface area contributed by atoms with E-state index >= 15 is 0 Å². The van der Waals surface area contributed by atoms with E-state index in [9.17, 15) is 9.90 Å². The third-order valence-electron chi connectivity index (χ3n) is 5.30. The van der Waals surface area contributed by atoms with E-state index in [1.165, 1.54) is 11.1 Å². The number of ether oxygens (including phenoxy) is 1. The van der Waals surface area contributed by atoms with Gasteiger partial charge >= 0.3 is 0 Å². The van der Waals surface area contributed by atoms with Crippen molar-refractivity contribution in [3.63, 3.8) is 0 Å². The van der Waals surface area contributed by atoms with E-state index in [-0.39, 0.29) is 17.6 Å². The highest BCUT2D eigenvalue weighted by Gasteiger charge is 2.48. The molecule has 4 nitrogen and oxygen atoms in total. The fourth-order valence-electron chi connectivity index (χ4n) is 4.16. The standard InChI is InChI=1S/C18H19NO3/c1-19-8-5-11-9-14(22-2)17(21)16-15(11)13(19)10-18(16)6-3-12(20)4-7-18/h3-4,6-7,9,13,21H,5,8,10H2,1-2H3/t13-/m1/s1. The molecule has 0 fully saturated rings. The highest BCUT2D eigenvalue weighted by molar-refractivity contribution is 6.01. The summed E-state index contributed by atoms with van der Waals surface area (Å²) in [6, 6.07) is 2.24. The molecule has 0 amide bonds. The first-order chi connectivity index (χ1) is 10.6. The van der Waals surface area contributed by atoms with Crippen LogP contribution in [0.2, 0.25) is 0 Å². The van der Waals surface area contributed by atoms with Crippen LogP contribution in [0.1, 0.15) is 29.2 Å². The number of ketones is 1. The maximum Gasteiger partial charge on any atom is 0.178 e. The van der Waals surface area contributed by atoms with Crippen molar-refractivity contribution in [2.75, 3.05) is 20.7 Å². The van der Waals surface area contributed by atoms with Gasteiger partial charge in [-0.3, -0.25) is 9.69 Å². The van der Waals surface area contributed by atoms with Gasteiger partial charge in [0.25, 0.3) is 0 Å². The number of phenols is 1. The number of methoxy groups -OCH3 is 1. The molecule has 1 atom stereocenters. The van der Waals surface area contributed by atoms with Gasteiger partial charge in [-0.1, -0.05) is 12.2 Å². The zero-order valence-electron chi connectivity index (χ0n) is 12.8. The van der Waals surface area contributed by atoms with Crippen molar-refractivity contribution in [1.82, 2.24) is 4.90 Å². The van der Waals surface area contributed by atoms with Gasteiger partial charge in [-0.2, -0.15) is 0 Å². The Balaban J connectivity index is 2.01. The monoisotopic (exact) mass is 297 g/mol. The Morgan fingerprint density at radius 1 is 1.36 bits per heavy atom. The Bertz CT molecular complexity index is 716. The van der Waals surface area contributed by atoms with Crippen LogP contribution in [-0.4, -0.2) is 36.5 Å². The molecular formula is C18H19NO3. The van der Waals surface area contributed by atoms with Crippen molar-refractivity contribution in [1.29, 1.82) is 0 Å². The number of benzene rings is 1. The number of hydrogen-bond donors (Lipinski definition) is 1. The van der Waals surface area contributed by atoms with E-state index in [1.54, 1.807) is 19.3 Å². The first-order valence-corrected chi connectivity index (χ1v) is 7.61. The molecule has 4 heteroatoms. The van der Waals surface area contributed by atoms with E-state index in [0.717, 1.165) is 24.9 Å². The number of rotatable bonds is 1. The third-order valence-corrected chi connectivity index (χ3v) is 5.30. The lowest BCUT2D eigenvalue weighted by Gasteiger charge is -2.32. The van der Waals surface area contributed by atoms with Crippen LogP contribution in [0.3, 0.4) is 0 Å². The number of phenolic OH excluding ortho intramolecular Hbond substituents is 1. The Morgan fingerprint density at radius 3 is 2.77 bits per heavy atom. The molecule has 1 N–H and O–H groups in total. The van der Waals surface area contributed by atoms with Gasteiger partial charge in [0, 0.05) is 23.6 Å². The zero-order valence-corrected chi connectivity index (χ0v) is 12.8. The second kappa shape index (κ2) is 4.46. The van der Waals surface area contributed by atoms with Crippen molar-refractivity contribution in [2.24, 2.45) is 0 Å². The molecule has 22 heavy (non-hydrogen) atoms. The maximum atomic E-state index is 11.5. The van der Waals surface area contributed by atoms with Crippen LogP contribution in [-0.2, 0) is 16.6 Å². The van der Waals surface area contributed by atoms with Crippen molar-refractivity contribution >= 4 is 5.78 Å². The fraction of sp³-hybridized carbons (Fsp3) is 0.389. The fourth-order valence-corrected chi connectivity index (χ4v) is 4.16. The van der Waals surface area contributed by atoms with Crippen LogP contribution in [0.5, 0.6) is 11.5 Å². The van der Waals surface area contributed by atoms with Gasteiger partial charge in [0.05, 0.1) is 7.11 Å². The Hall–Kier alpha value is -2.07. The van der Waals surface area contributed by atoms with Crippen molar-refractivity contribution in [3.05, 3.63) is 47.1 Å². The quantitative estimate of drug-likeness (QED) is 0.864. The molecule has 4 rings (SSSR count). The van der Waals surface area contributed by atoms with Crippen LogP contribution >= 0.6 is 0 Å². The first-order valence-electron chi connectivity index (χ1n) is 7.61. The predicted octanol–water partition coefficient (Wildman–Crippen LogP) is 2.27. The molecular weight excluding hydrogens is 278 g/mol. The summed E-state index contributed by atoms with van der Waals surface area (Å²) in [4.78, 5) is 13.9. The molecule has 0 aromatic heterocycles. The third kappa shape index (κ3) is 1.64. The van der Waals surface area contributed by atoms with Crippen LogP contribution in [0.25, 0.3) is 0 Å². The van der Waals surface area contributed by atoms with E-state index in [4.69, 9.17) is 4.74 Å². The van der Waals surface area contributed by atoms with E-state index in [0.29, 0.717) is 5.75 Å². The summed E-state index contributed by atoms with van der Waals surface area (Å²) in [5, 5.41) is 10.7. The van der Waals surface area contributed by atoms with Gasteiger partial charge in [0.2, 0.25) is 0 Å². The molecule has 114 valence electrons. The summed E-state index contributed by atoms with van der Waals surface area (Å²) in [6.45, 7) is 0.994. The number of carbonyl (C=O) groups is 1. The molecule has 0 bridgehead atoms. The van der Waals surface area contributed by atoms with Gasteiger partial charge in [-0.25, -0.2) is 0 Å². The Kier molecular flexibility index (Phi) is 2.76. The lowest BCUT2D eigenvalue weighted by molar-refractivity contribution is -0.110. The molecule has 1 spiro atoms. The molecule has 1 aromatic carbocycles. The van der Waals surface area contributed by atoms with Gasteiger partial charge in [-0.15, -0.1) is 0 Å². The second-order valence-corrected chi connectivity index (χ2v) is 6.44. The molecule has 2 aliphatic carbocycles. The molecule has 0 saturated heterocycles. The lowest BCUT2D eigenvalue weighted by Crippen LogP contribution is -2.31. The van der Waals surface area contributed by atoms with Crippen LogP contribution < -0.4 is 4.74 Å². The Morgan fingerprint density at radius 2 is 2.09 bits per heavy atom. The highest BCUT2D eigenvalue weighted by Crippen LogP contribution is 2.57. The van der Waals surface area contributed by atoms with Gasteiger partial charge < -0.3 is 9.84 Å². The minimum absolute atomic E-state index is 0.00135. The second-order valence-electron chi connectivity index (χ2n) is 6.44. The molecule has 1 aliphatic heterocycles. The van der Waals surface area contributed by atoms with E-state index < -0.39 is 5.41 Å². The van der Waals surface area contributed by atoms with Crippen LogP contribution in [0.4, 0.5) is 0 Å². The minimum atomic E-state index is -0.403. The molecule has 3 aliphatic rings. The average molecular weight is 297 g/mol. The SMILES string of the molecule is COc1cc2c3c(c1O)C1(C=CC(=O)C=C1)C[C@H]3N(C)CC2. The van der Waals surface area contributed by atoms with Crippen molar-refractivity contribution in [3.8, 4) is 11.5 Å². The summed E-state index contributed by atoms with van der Waals surface area (Å²) in [5.74, 6) is 0.737. The lowest BCUT2D eigenvalue weighted by atomic mass is 9.77. The topological polar surface area (TPSA) is 49.8 Å². The Labute approximate surface area is 129 Å². The summed E-state index contributed by atoms with van der Waals surface area (Å²) in [7, 11) is 3.71. The summed E-state index contributed by atoms with van der Waals surface area (Å²) in [6.07, 6.45) is 8.92. The number of allylic oxidation sites excluding steroid dienone is 4. The van der Waals surface area contributed by atoms with Crippen molar-refractivity contribution < 1.29 is 14.6 Å². The predicted molar refractivity (Wildman–Crippen MR) is 83.3 cm³/mol. The van der Waals surface area contributed by atoms with Crippen LogP contribution in [0.15, 0.2) is 30.4 Å². The van der Waals surface area contributed by atoms with Crippen molar-refractivity contribution in [2.45, 2.75) is 24.3 Å². The summed E-state index contributed by atoms with van der Waals surface area (Å²) in [5.41, 5.74) is 2.98. The molecule has 0 unspecified atom stereocenters. The number of aromatic hydroxyl groups is 1. The number of carbonyl (C=O) groups excluding carboxylic acids is 1. The molecule has 0 radical (unpaired) electrons. The maximum absolute atomic E-state index is 11.5. The molecule has 1 aromatic rings. The highest BCUT2D eigenvalue weighted by atomic mass is 16.5.